The number of anilines is 2. The van der Waals surface area contributed by atoms with Crippen molar-refractivity contribution in [3.63, 3.8) is 0 Å². The van der Waals surface area contributed by atoms with Crippen LogP contribution in [0.5, 0.6) is 0 Å². The topological polar surface area (TPSA) is 78.4 Å². The lowest BCUT2D eigenvalue weighted by molar-refractivity contribution is -0.139. The molecule has 1 N–H and O–H groups in total. The maximum absolute atomic E-state index is 13.3. The molecule has 7 nitrogen and oxygen atoms in total. The summed E-state index contributed by atoms with van der Waals surface area (Å²) in [6.45, 7) is 3.56. The standard InChI is InChI=1S/C22H22F3N5O2S/c1-29-11-13-30(14-12-29)21-10-9-19(26-27-21)16-5-4-6-17(15-16)28-33(31,32)20-8-3-2-7-18(20)22(23,24)25/h2-10,15,28H,11-14H2,1H3. The van der Waals surface area contributed by atoms with Crippen LogP contribution in [-0.4, -0.2) is 56.7 Å². The van der Waals surface area contributed by atoms with E-state index < -0.39 is 26.7 Å². The van der Waals surface area contributed by atoms with Crippen molar-refractivity contribution in [3.05, 3.63) is 66.2 Å². The van der Waals surface area contributed by atoms with Crippen LogP contribution in [0.2, 0.25) is 0 Å². The second kappa shape index (κ2) is 8.99. The van der Waals surface area contributed by atoms with Crippen LogP contribution in [0.15, 0.2) is 65.6 Å². The minimum Gasteiger partial charge on any atom is -0.353 e. The van der Waals surface area contributed by atoms with Gasteiger partial charge in [0, 0.05) is 37.4 Å². The zero-order valence-corrected chi connectivity index (χ0v) is 18.6. The van der Waals surface area contributed by atoms with Gasteiger partial charge in [0.25, 0.3) is 10.0 Å². The van der Waals surface area contributed by atoms with Crippen molar-refractivity contribution in [1.29, 1.82) is 0 Å². The van der Waals surface area contributed by atoms with Crippen LogP contribution in [0, 0.1) is 0 Å². The Labute approximate surface area is 189 Å². The molecular formula is C22H22F3N5O2S. The summed E-state index contributed by atoms with van der Waals surface area (Å²) >= 11 is 0. The van der Waals surface area contributed by atoms with Crippen LogP contribution in [-0.2, 0) is 16.2 Å². The van der Waals surface area contributed by atoms with Crippen molar-refractivity contribution in [2.24, 2.45) is 0 Å². The van der Waals surface area contributed by atoms with Crippen LogP contribution >= 0.6 is 0 Å². The summed E-state index contributed by atoms with van der Waals surface area (Å²) in [5, 5.41) is 8.54. The molecule has 1 aliphatic rings. The van der Waals surface area contributed by atoms with Gasteiger partial charge in [-0.3, -0.25) is 4.72 Å². The third kappa shape index (κ3) is 5.25. The van der Waals surface area contributed by atoms with Gasteiger partial charge in [0.1, 0.15) is 0 Å². The number of nitrogens with zero attached hydrogens (tertiary/aromatic N) is 4. The van der Waals surface area contributed by atoms with E-state index in [0.717, 1.165) is 50.2 Å². The summed E-state index contributed by atoms with van der Waals surface area (Å²) in [6, 6.07) is 14.0. The molecule has 33 heavy (non-hydrogen) atoms. The van der Waals surface area contributed by atoms with E-state index in [9.17, 15) is 21.6 Å². The Morgan fingerprint density at radius 2 is 1.64 bits per heavy atom. The average Bonchev–Trinajstić information content (AvgIpc) is 2.79. The number of halogens is 3. The predicted molar refractivity (Wildman–Crippen MR) is 119 cm³/mol. The summed E-state index contributed by atoms with van der Waals surface area (Å²) in [4.78, 5) is 3.54. The van der Waals surface area contributed by atoms with Crippen LogP contribution < -0.4 is 9.62 Å². The van der Waals surface area contributed by atoms with E-state index in [-0.39, 0.29) is 5.69 Å². The second-order valence-corrected chi connectivity index (χ2v) is 9.40. The molecule has 11 heteroatoms. The third-order valence-corrected chi connectivity index (χ3v) is 6.81. The van der Waals surface area contributed by atoms with Gasteiger partial charge in [-0.05, 0) is 43.4 Å². The van der Waals surface area contributed by atoms with Crippen molar-refractivity contribution >= 4 is 21.5 Å². The van der Waals surface area contributed by atoms with Crippen molar-refractivity contribution in [2.75, 3.05) is 42.8 Å². The Bertz CT molecular complexity index is 1230. The number of hydrogen-bond acceptors (Lipinski definition) is 6. The van der Waals surface area contributed by atoms with Gasteiger partial charge in [0.2, 0.25) is 0 Å². The van der Waals surface area contributed by atoms with E-state index in [2.05, 4.69) is 31.8 Å². The Morgan fingerprint density at radius 3 is 2.30 bits per heavy atom. The maximum Gasteiger partial charge on any atom is 0.417 e. The molecule has 174 valence electrons. The van der Waals surface area contributed by atoms with E-state index in [1.54, 1.807) is 18.2 Å². The van der Waals surface area contributed by atoms with E-state index in [1.807, 2.05) is 6.07 Å². The first kappa shape index (κ1) is 23.0. The monoisotopic (exact) mass is 477 g/mol. The largest absolute Gasteiger partial charge is 0.417 e. The van der Waals surface area contributed by atoms with E-state index in [0.29, 0.717) is 11.3 Å². The summed E-state index contributed by atoms with van der Waals surface area (Å²) < 4.78 is 67.5. The Hall–Kier alpha value is -3.18. The van der Waals surface area contributed by atoms with Crippen molar-refractivity contribution < 1.29 is 21.6 Å². The highest BCUT2D eigenvalue weighted by Gasteiger charge is 2.36. The van der Waals surface area contributed by atoms with E-state index in [4.69, 9.17) is 0 Å². The van der Waals surface area contributed by atoms with Gasteiger partial charge in [-0.1, -0.05) is 24.3 Å². The summed E-state index contributed by atoms with van der Waals surface area (Å²) in [6.07, 6.45) is -4.80. The number of piperazine rings is 1. The fourth-order valence-electron chi connectivity index (χ4n) is 3.57. The first-order valence-corrected chi connectivity index (χ1v) is 11.7. The lowest BCUT2D eigenvalue weighted by Crippen LogP contribution is -2.44. The van der Waals surface area contributed by atoms with Crippen LogP contribution in [0.3, 0.4) is 0 Å². The molecule has 0 unspecified atom stereocenters. The minimum absolute atomic E-state index is 0.120. The number of nitrogens with one attached hydrogen (secondary N) is 1. The Morgan fingerprint density at radius 1 is 0.909 bits per heavy atom. The molecule has 0 saturated carbocycles. The number of alkyl halides is 3. The zero-order valence-electron chi connectivity index (χ0n) is 17.7. The highest BCUT2D eigenvalue weighted by Crippen LogP contribution is 2.35. The first-order chi connectivity index (χ1) is 15.6. The Kier molecular flexibility index (Phi) is 6.26. The molecule has 1 aliphatic heterocycles. The summed E-state index contributed by atoms with van der Waals surface area (Å²) in [5.41, 5.74) is -0.00482. The first-order valence-electron chi connectivity index (χ1n) is 10.2. The smallest absolute Gasteiger partial charge is 0.353 e. The normalized spacial score (nSPS) is 15.5. The quantitative estimate of drug-likeness (QED) is 0.604. The molecule has 0 aliphatic carbocycles. The minimum atomic E-state index is -4.80. The third-order valence-electron chi connectivity index (χ3n) is 5.37. The number of likely N-dealkylation sites (N-methyl/N-ethyl adjacent to an activating group) is 1. The molecule has 1 saturated heterocycles. The number of hydrogen-bond donors (Lipinski definition) is 1. The van der Waals surface area contributed by atoms with Crippen LogP contribution in [0.4, 0.5) is 24.7 Å². The van der Waals surface area contributed by atoms with E-state index in [1.165, 1.54) is 18.2 Å². The molecule has 0 amide bonds. The molecule has 3 aromatic rings. The molecule has 4 rings (SSSR count). The second-order valence-electron chi connectivity index (χ2n) is 7.75. The van der Waals surface area contributed by atoms with Crippen molar-refractivity contribution in [2.45, 2.75) is 11.1 Å². The van der Waals surface area contributed by atoms with Crippen LogP contribution in [0.25, 0.3) is 11.3 Å². The molecule has 0 atom stereocenters. The molecule has 0 bridgehead atoms. The molecule has 0 spiro atoms. The maximum atomic E-state index is 13.3. The molecule has 1 aromatic heterocycles. The Balaban J connectivity index is 1.55. The summed E-state index contributed by atoms with van der Waals surface area (Å²) in [5.74, 6) is 0.757. The van der Waals surface area contributed by atoms with Gasteiger partial charge >= 0.3 is 6.18 Å². The number of rotatable bonds is 5. The molecular weight excluding hydrogens is 455 g/mol. The number of benzene rings is 2. The fourth-order valence-corrected chi connectivity index (χ4v) is 4.85. The van der Waals surface area contributed by atoms with Gasteiger partial charge < -0.3 is 9.80 Å². The van der Waals surface area contributed by atoms with Gasteiger partial charge in [0.05, 0.1) is 16.2 Å². The summed E-state index contributed by atoms with van der Waals surface area (Å²) in [7, 11) is -2.40. The van der Waals surface area contributed by atoms with Gasteiger partial charge in [-0.25, -0.2) is 8.42 Å². The van der Waals surface area contributed by atoms with Crippen LogP contribution in [0.1, 0.15) is 5.56 Å². The number of sulfonamides is 1. The van der Waals surface area contributed by atoms with E-state index >= 15 is 0 Å². The lowest BCUT2D eigenvalue weighted by Gasteiger charge is -2.32. The average molecular weight is 478 g/mol. The van der Waals surface area contributed by atoms with Crippen molar-refractivity contribution in [1.82, 2.24) is 15.1 Å². The molecule has 2 aromatic carbocycles. The lowest BCUT2D eigenvalue weighted by atomic mass is 10.1. The molecule has 1 fully saturated rings. The van der Waals surface area contributed by atoms with Gasteiger partial charge in [-0.15, -0.1) is 10.2 Å². The molecule has 2 heterocycles. The molecule has 0 radical (unpaired) electrons. The SMILES string of the molecule is CN1CCN(c2ccc(-c3cccc(NS(=O)(=O)c4ccccc4C(F)(F)F)c3)nn2)CC1. The van der Waals surface area contributed by atoms with Gasteiger partial charge in [0.15, 0.2) is 5.82 Å². The fraction of sp³-hybridized carbons (Fsp3) is 0.273. The number of aromatic nitrogens is 2. The zero-order chi connectivity index (χ0) is 23.6. The van der Waals surface area contributed by atoms with Crippen molar-refractivity contribution in [3.8, 4) is 11.3 Å². The highest BCUT2D eigenvalue weighted by molar-refractivity contribution is 7.92. The predicted octanol–water partition coefficient (Wildman–Crippen LogP) is 3.72. The van der Waals surface area contributed by atoms with Gasteiger partial charge in [-0.2, -0.15) is 13.2 Å². The highest BCUT2D eigenvalue weighted by atomic mass is 32.2.